The molecule has 1 aromatic carbocycles. The predicted octanol–water partition coefficient (Wildman–Crippen LogP) is 1.45. The van der Waals surface area contributed by atoms with Gasteiger partial charge in [0.2, 0.25) is 0 Å². The molecule has 2 heterocycles. The van der Waals surface area contributed by atoms with E-state index >= 15 is 0 Å². The minimum Gasteiger partial charge on any atom is -0.480 e. The molecule has 0 spiro atoms. The summed E-state index contributed by atoms with van der Waals surface area (Å²) in [6.07, 6.45) is 1.01. The number of carboxylic acids is 1. The molecule has 2 fully saturated rings. The van der Waals surface area contributed by atoms with Crippen LogP contribution in [0.1, 0.15) is 18.4 Å². The van der Waals surface area contributed by atoms with Crippen LogP contribution in [0.25, 0.3) is 0 Å². The van der Waals surface area contributed by atoms with Crippen LogP contribution in [0.5, 0.6) is 0 Å². The van der Waals surface area contributed by atoms with Gasteiger partial charge < -0.3 is 14.6 Å². The van der Waals surface area contributed by atoms with Gasteiger partial charge in [-0.1, -0.05) is 0 Å². The van der Waals surface area contributed by atoms with Gasteiger partial charge in [-0.3, -0.25) is 9.80 Å². The Hall–Kier alpha value is -2.63. The van der Waals surface area contributed by atoms with E-state index in [-0.39, 0.29) is 18.8 Å². The van der Waals surface area contributed by atoms with Crippen molar-refractivity contribution in [2.24, 2.45) is 0 Å². The molecule has 0 radical (unpaired) electrons. The van der Waals surface area contributed by atoms with Crippen molar-refractivity contribution in [1.29, 1.82) is 5.26 Å². The molecule has 2 aliphatic heterocycles. The number of rotatable bonds is 6. The molecule has 2 saturated heterocycles. The van der Waals surface area contributed by atoms with E-state index in [0.717, 1.165) is 19.4 Å². The Balaban J connectivity index is 1.53. The third-order valence-corrected chi connectivity index (χ3v) is 4.55. The van der Waals surface area contributed by atoms with Crippen LogP contribution in [-0.4, -0.2) is 67.1 Å². The number of aliphatic carboxylic acids is 1. The van der Waals surface area contributed by atoms with Crippen LogP contribution < -0.4 is 4.90 Å². The Labute approximate surface area is 151 Å². The first-order valence-electron chi connectivity index (χ1n) is 8.59. The summed E-state index contributed by atoms with van der Waals surface area (Å²) in [4.78, 5) is 26.5. The van der Waals surface area contributed by atoms with E-state index in [2.05, 4.69) is 11.0 Å². The fourth-order valence-electron chi connectivity index (χ4n) is 3.34. The van der Waals surface area contributed by atoms with Crippen LogP contribution >= 0.6 is 0 Å². The van der Waals surface area contributed by atoms with Gasteiger partial charge >= 0.3 is 12.1 Å². The van der Waals surface area contributed by atoms with Crippen LogP contribution in [0.15, 0.2) is 24.3 Å². The molecule has 8 heteroatoms. The highest BCUT2D eigenvalue weighted by Crippen LogP contribution is 2.23. The first-order chi connectivity index (χ1) is 12.5. The average molecular weight is 359 g/mol. The second-order valence-corrected chi connectivity index (χ2v) is 6.50. The van der Waals surface area contributed by atoms with Crippen LogP contribution in [0.2, 0.25) is 0 Å². The maximum absolute atomic E-state index is 12.2. The van der Waals surface area contributed by atoms with Gasteiger partial charge in [-0.2, -0.15) is 5.26 Å². The van der Waals surface area contributed by atoms with Crippen LogP contribution in [-0.2, 0) is 14.3 Å². The lowest BCUT2D eigenvalue weighted by Gasteiger charge is -2.33. The molecule has 1 aromatic rings. The SMILES string of the molecule is N#Cc1ccc(N2CC(CN3CCCC(OCC(=O)O)C3)OC2=O)cc1. The summed E-state index contributed by atoms with van der Waals surface area (Å²) in [5.41, 5.74) is 1.25. The number of benzene rings is 1. The van der Waals surface area contributed by atoms with Crippen LogP contribution in [0, 0.1) is 11.3 Å². The van der Waals surface area contributed by atoms with Crippen molar-refractivity contribution in [3.8, 4) is 6.07 Å². The summed E-state index contributed by atoms with van der Waals surface area (Å²) in [6.45, 7) is 2.26. The third kappa shape index (κ3) is 4.50. The number of anilines is 1. The molecule has 2 atom stereocenters. The zero-order valence-electron chi connectivity index (χ0n) is 14.3. The fourth-order valence-corrected chi connectivity index (χ4v) is 3.34. The highest BCUT2D eigenvalue weighted by Gasteiger charge is 2.34. The van der Waals surface area contributed by atoms with Crippen molar-refractivity contribution >= 4 is 17.7 Å². The van der Waals surface area contributed by atoms with E-state index in [1.165, 1.54) is 0 Å². The summed E-state index contributed by atoms with van der Waals surface area (Å²) >= 11 is 0. The molecule has 1 N–H and O–H groups in total. The van der Waals surface area contributed by atoms with Crippen molar-refractivity contribution in [3.05, 3.63) is 29.8 Å². The number of carboxylic acid groups (broad SMARTS) is 1. The number of carbonyl (C=O) groups excluding carboxylic acids is 1. The first kappa shape index (κ1) is 18.2. The highest BCUT2D eigenvalue weighted by molar-refractivity contribution is 5.89. The second-order valence-electron chi connectivity index (χ2n) is 6.50. The molecule has 0 aromatic heterocycles. The number of likely N-dealkylation sites (tertiary alicyclic amines) is 1. The Morgan fingerprint density at radius 3 is 2.81 bits per heavy atom. The van der Waals surface area contributed by atoms with Crippen molar-refractivity contribution < 1.29 is 24.2 Å². The molecule has 1 amide bonds. The lowest BCUT2D eigenvalue weighted by molar-refractivity contribution is -0.145. The van der Waals surface area contributed by atoms with E-state index < -0.39 is 12.1 Å². The smallest absolute Gasteiger partial charge is 0.414 e. The molecule has 0 aliphatic carbocycles. The number of hydrogen-bond donors (Lipinski definition) is 1. The molecule has 138 valence electrons. The van der Waals surface area contributed by atoms with Gasteiger partial charge in [-0.25, -0.2) is 9.59 Å². The predicted molar refractivity (Wildman–Crippen MR) is 91.8 cm³/mol. The molecule has 2 aliphatic rings. The van der Waals surface area contributed by atoms with Gasteiger partial charge in [0.15, 0.2) is 0 Å². The monoisotopic (exact) mass is 359 g/mol. The van der Waals surface area contributed by atoms with E-state index in [4.69, 9.17) is 19.8 Å². The number of hydrogen-bond acceptors (Lipinski definition) is 6. The largest absolute Gasteiger partial charge is 0.480 e. The van der Waals surface area contributed by atoms with Crippen molar-refractivity contribution in [2.45, 2.75) is 25.0 Å². The third-order valence-electron chi connectivity index (χ3n) is 4.55. The Morgan fingerprint density at radius 1 is 1.35 bits per heavy atom. The Bertz CT molecular complexity index is 700. The molecular weight excluding hydrogens is 338 g/mol. The van der Waals surface area contributed by atoms with E-state index in [1.807, 2.05) is 0 Å². The van der Waals surface area contributed by atoms with Crippen molar-refractivity contribution in [3.63, 3.8) is 0 Å². The molecule has 3 rings (SSSR count). The quantitative estimate of drug-likeness (QED) is 0.820. The molecule has 8 nitrogen and oxygen atoms in total. The summed E-state index contributed by atoms with van der Waals surface area (Å²) in [5.74, 6) is -0.968. The number of amides is 1. The van der Waals surface area contributed by atoms with Gasteiger partial charge in [-0.05, 0) is 43.7 Å². The Morgan fingerprint density at radius 2 is 2.12 bits per heavy atom. The van der Waals surface area contributed by atoms with Crippen LogP contribution in [0.3, 0.4) is 0 Å². The number of nitriles is 1. The van der Waals surface area contributed by atoms with E-state index in [0.29, 0.717) is 30.9 Å². The van der Waals surface area contributed by atoms with Crippen LogP contribution in [0.4, 0.5) is 10.5 Å². The van der Waals surface area contributed by atoms with Crippen molar-refractivity contribution in [2.75, 3.05) is 37.7 Å². The summed E-state index contributed by atoms with van der Waals surface area (Å²) in [6, 6.07) is 8.86. The molecule has 26 heavy (non-hydrogen) atoms. The van der Waals surface area contributed by atoms with Crippen molar-refractivity contribution in [1.82, 2.24) is 4.90 Å². The topological polar surface area (TPSA) is 103 Å². The molecule has 0 saturated carbocycles. The van der Waals surface area contributed by atoms with Gasteiger partial charge in [-0.15, -0.1) is 0 Å². The Kier molecular flexibility index (Phi) is 5.71. The zero-order chi connectivity index (χ0) is 18.5. The van der Waals surface area contributed by atoms with E-state index in [1.54, 1.807) is 29.2 Å². The summed E-state index contributed by atoms with van der Waals surface area (Å²) in [7, 11) is 0. The minimum absolute atomic E-state index is 0.105. The average Bonchev–Trinajstić information content (AvgIpc) is 3.00. The van der Waals surface area contributed by atoms with Gasteiger partial charge in [0.25, 0.3) is 0 Å². The summed E-state index contributed by atoms with van der Waals surface area (Å²) < 4.78 is 10.9. The lowest BCUT2D eigenvalue weighted by Crippen LogP contribution is -2.44. The second kappa shape index (κ2) is 8.17. The first-order valence-corrected chi connectivity index (χ1v) is 8.59. The fraction of sp³-hybridized carbons (Fsp3) is 0.500. The maximum atomic E-state index is 12.2. The van der Waals surface area contributed by atoms with Gasteiger partial charge in [0.1, 0.15) is 12.7 Å². The van der Waals surface area contributed by atoms with Gasteiger partial charge in [0, 0.05) is 18.8 Å². The summed E-state index contributed by atoms with van der Waals surface area (Å²) in [5, 5.41) is 17.6. The van der Waals surface area contributed by atoms with Gasteiger partial charge in [0.05, 0.1) is 24.3 Å². The normalized spacial score (nSPS) is 23.5. The highest BCUT2D eigenvalue weighted by atomic mass is 16.6. The number of carbonyl (C=O) groups is 2. The molecular formula is C18H21N3O5. The lowest BCUT2D eigenvalue weighted by atomic mass is 10.1. The standard InChI is InChI=1S/C18H21N3O5/c19-8-13-3-5-14(6-4-13)21-11-16(26-18(21)24)10-20-7-1-2-15(9-20)25-12-17(22)23/h3-6,15-16H,1-2,7,9-12H2,(H,22,23). The number of piperidine rings is 1. The number of ether oxygens (including phenoxy) is 2. The number of nitrogens with zero attached hydrogens (tertiary/aromatic N) is 3. The minimum atomic E-state index is -0.968. The molecule has 2 unspecified atom stereocenters. The zero-order valence-corrected chi connectivity index (χ0v) is 14.3. The maximum Gasteiger partial charge on any atom is 0.414 e. The van der Waals surface area contributed by atoms with E-state index in [9.17, 15) is 9.59 Å². The molecule has 0 bridgehead atoms. The number of cyclic esters (lactones) is 1.